The number of rotatable bonds is 6. The van der Waals surface area contributed by atoms with Crippen LogP contribution in [0.4, 0.5) is 5.69 Å². The lowest BCUT2D eigenvalue weighted by Crippen LogP contribution is -2.39. The lowest BCUT2D eigenvalue weighted by atomic mass is 9.93. The van der Waals surface area contributed by atoms with Gasteiger partial charge in [-0.3, -0.25) is 9.59 Å². The van der Waals surface area contributed by atoms with Crippen molar-refractivity contribution in [3.05, 3.63) is 57.8 Å². The molecule has 1 atom stereocenters. The first-order valence-corrected chi connectivity index (χ1v) is 10.4. The number of hydrogen-bond donors (Lipinski definition) is 1. The molecule has 1 N–H and O–H groups in total. The van der Waals surface area contributed by atoms with E-state index in [1.54, 1.807) is 41.7 Å². The fourth-order valence-corrected chi connectivity index (χ4v) is 3.98. The molecule has 1 unspecified atom stereocenters. The number of nitrogens with one attached hydrogen (secondary N) is 1. The molecular weight excluding hydrogens is 380 g/mol. The highest BCUT2D eigenvalue weighted by Crippen LogP contribution is 2.22. The maximum atomic E-state index is 12.4. The molecule has 2 amide bonds. The van der Waals surface area contributed by atoms with Crippen molar-refractivity contribution in [2.24, 2.45) is 5.92 Å². The average Bonchev–Trinajstić information content (AvgIpc) is 3.20. The minimum Gasteiger partial charge on any atom is -0.339 e. The molecule has 0 radical (unpaired) electrons. The van der Waals surface area contributed by atoms with Crippen LogP contribution in [0.3, 0.4) is 0 Å². The fourth-order valence-electron chi connectivity index (χ4n) is 3.24. The van der Waals surface area contributed by atoms with Crippen LogP contribution in [0, 0.1) is 5.92 Å². The van der Waals surface area contributed by atoms with Gasteiger partial charge in [-0.2, -0.15) is 0 Å². The lowest BCUT2D eigenvalue weighted by molar-refractivity contribution is -0.127. The number of anilines is 1. The molecule has 1 fully saturated rings. The Labute approximate surface area is 168 Å². The SMILES string of the molecule is O=C(CCC1CCCN(C(=O)/C=C/c2cccs2)C1)Nc1ccc(Cl)cc1. The van der Waals surface area contributed by atoms with Crippen LogP contribution in [0.1, 0.15) is 30.6 Å². The van der Waals surface area contributed by atoms with E-state index in [1.807, 2.05) is 28.5 Å². The second kappa shape index (κ2) is 9.72. The summed E-state index contributed by atoms with van der Waals surface area (Å²) in [6.07, 6.45) is 6.82. The van der Waals surface area contributed by atoms with Crippen molar-refractivity contribution < 1.29 is 9.59 Å². The summed E-state index contributed by atoms with van der Waals surface area (Å²) in [6, 6.07) is 11.1. The van der Waals surface area contributed by atoms with E-state index in [2.05, 4.69) is 5.32 Å². The van der Waals surface area contributed by atoms with Crippen molar-refractivity contribution in [1.29, 1.82) is 0 Å². The standard InChI is InChI=1S/C21H23ClN2O2S/c22-17-6-8-18(9-7-17)23-20(25)11-5-16-3-1-13-24(15-16)21(26)12-10-19-4-2-14-27-19/h2,4,6-10,12,14,16H,1,3,5,11,13,15H2,(H,23,25)/b12-10+. The smallest absolute Gasteiger partial charge is 0.246 e. The number of thiophene rings is 1. The van der Waals surface area contributed by atoms with E-state index >= 15 is 0 Å². The maximum absolute atomic E-state index is 12.4. The molecule has 1 saturated heterocycles. The molecule has 4 nitrogen and oxygen atoms in total. The number of nitrogens with zero attached hydrogens (tertiary/aromatic N) is 1. The van der Waals surface area contributed by atoms with Crippen molar-refractivity contribution >= 4 is 46.5 Å². The van der Waals surface area contributed by atoms with Gasteiger partial charge >= 0.3 is 0 Å². The predicted octanol–water partition coefficient (Wildman–Crippen LogP) is 5.07. The normalized spacial score (nSPS) is 17.2. The molecule has 3 rings (SSSR count). The molecule has 1 aliphatic rings. The highest BCUT2D eigenvalue weighted by molar-refractivity contribution is 7.10. The molecular formula is C21H23ClN2O2S. The highest BCUT2D eigenvalue weighted by atomic mass is 35.5. The number of piperidine rings is 1. The third kappa shape index (κ3) is 6.22. The van der Waals surface area contributed by atoms with Crippen molar-refractivity contribution in [3.8, 4) is 0 Å². The van der Waals surface area contributed by atoms with Gasteiger partial charge in [-0.15, -0.1) is 11.3 Å². The van der Waals surface area contributed by atoms with Crippen molar-refractivity contribution in [1.82, 2.24) is 4.90 Å². The third-order valence-corrected chi connectivity index (χ3v) is 5.76. The van der Waals surface area contributed by atoms with Gasteiger partial charge in [0.25, 0.3) is 0 Å². The Morgan fingerprint density at radius 1 is 1.26 bits per heavy atom. The Hall–Kier alpha value is -2.11. The summed E-state index contributed by atoms with van der Waals surface area (Å²) in [5.41, 5.74) is 0.753. The average molecular weight is 403 g/mol. The number of hydrogen-bond acceptors (Lipinski definition) is 3. The van der Waals surface area contributed by atoms with Gasteiger partial charge in [-0.05, 0) is 67.0 Å². The predicted molar refractivity (Wildman–Crippen MR) is 112 cm³/mol. The monoisotopic (exact) mass is 402 g/mol. The number of carbonyl (C=O) groups excluding carboxylic acids is 2. The Morgan fingerprint density at radius 3 is 2.81 bits per heavy atom. The number of halogens is 1. The molecule has 1 aliphatic heterocycles. The number of benzene rings is 1. The van der Waals surface area contributed by atoms with E-state index in [9.17, 15) is 9.59 Å². The van der Waals surface area contributed by atoms with Crippen LogP contribution in [0.2, 0.25) is 5.02 Å². The molecule has 1 aromatic heterocycles. The molecule has 0 saturated carbocycles. The van der Waals surface area contributed by atoms with Crippen molar-refractivity contribution in [3.63, 3.8) is 0 Å². The molecule has 2 heterocycles. The van der Waals surface area contributed by atoms with Gasteiger partial charge in [-0.25, -0.2) is 0 Å². The summed E-state index contributed by atoms with van der Waals surface area (Å²) in [6.45, 7) is 1.52. The molecule has 6 heteroatoms. The zero-order valence-corrected chi connectivity index (χ0v) is 16.6. The maximum Gasteiger partial charge on any atom is 0.246 e. The summed E-state index contributed by atoms with van der Waals surface area (Å²) in [7, 11) is 0. The van der Waals surface area contributed by atoms with Gasteiger partial charge in [-0.1, -0.05) is 17.7 Å². The van der Waals surface area contributed by atoms with Crippen LogP contribution in [-0.2, 0) is 9.59 Å². The molecule has 1 aromatic carbocycles. The van der Waals surface area contributed by atoms with Crippen LogP contribution in [0.15, 0.2) is 47.9 Å². The molecule has 27 heavy (non-hydrogen) atoms. The van der Waals surface area contributed by atoms with Gasteiger partial charge in [0.1, 0.15) is 0 Å². The zero-order valence-electron chi connectivity index (χ0n) is 15.1. The van der Waals surface area contributed by atoms with E-state index in [0.29, 0.717) is 17.4 Å². The Kier molecular flexibility index (Phi) is 7.07. The number of likely N-dealkylation sites (tertiary alicyclic amines) is 1. The zero-order chi connectivity index (χ0) is 19.1. The molecule has 0 spiro atoms. The summed E-state index contributed by atoms with van der Waals surface area (Å²) in [4.78, 5) is 27.5. The van der Waals surface area contributed by atoms with Crippen LogP contribution < -0.4 is 5.32 Å². The molecule has 2 aromatic rings. The van der Waals surface area contributed by atoms with Gasteiger partial charge in [0, 0.05) is 41.2 Å². The fraction of sp³-hybridized carbons (Fsp3) is 0.333. The molecule has 0 aliphatic carbocycles. The molecule has 142 valence electrons. The quantitative estimate of drug-likeness (QED) is 0.685. The van der Waals surface area contributed by atoms with Crippen LogP contribution in [-0.4, -0.2) is 29.8 Å². The van der Waals surface area contributed by atoms with Gasteiger partial charge in [0.2, 0.25) is 11.8 Å². The van der Waals surface area contributed by atoms with E-state index in [4.69, 9.17) is 11.6 Å². The topological polar surface area (TPSA) is 49.4 Å². The van der Waals surface area contributed by atoms with E-state index in [0.717, 1.165) is 42.9 Å². The Morgan fingerprint density at radius 2 is 2.07 bits per heavy atom. The number of amides is 2. The van der Waals surface area contributed by atoms with E-state index in [1.165, 1.54) is 0 Å². The minimum atomic E-state index is -0.00152. The summed E-state index contributed by atoms with van der Waals surface area (Å²) in [5.74, 6) is 0.422. The molecule has 0 bridgehead atoms. The van der Waals surface area contributed by atoms with Gasteiger partial charge in [0.05, 0.1) is 0 Å². The van der Waals surface area contributed by atoms with Crippen LogP contribution in [0.5, 0.6) is 0 Å². The number of carbonyl (C=O) groups is 2. The van der Waals surface area contributed by atoms with E-state index in [-0.39, 0.29) is 11.8 Å². The summed E-state index contributed by atoms with van der Waals surface area (Å²) in [5, 5.41) is 5.53. The largest absolute Gasteiger partial charge is 0.339 e. The summed E-state index contributed by atoms with van der Waals surface area (Å²) >= 11 is 7.47. The lowest BCUT2D eigenvalue weighted by Gasteiger charge is -2.32. The Bertz CT molecular complexity index is 787. The van der Waals surface area contributed by atoms with E-state index < -0.39 is 0 Å². The minimum absolute atomic E-state index is 0.00152. The van der Waals surface area contributed by atoms with Gasteiger partial charge in [0.15, 0.2) is 0 Å². The second-order valence-corrected chi connectivity index (χ2v) is 8.15. The third-order valence-electron chi connectivity index (χ3n) is 4.67. The van der Waals surface area contributed by atoms with Crippen molar-refractivity contribution in [2.75, 3.05) is 18.4 Å². The van der Waals surface area contributed by atoms with Gasteiger partial charge < -0.3 is 10.2 Å². The Balaban J connectivity index is 1.44. The second-order valence-electron chi connectivity index (χ2n) is 6.74. The first-order valence-electron chi connectivity index (χ1n) is 9.16. The summed E-state index contributed by atoms with van der Waals surface area (Å²) < 4.78 is 0. The first kappa shape index (κ1) is 19.6. The first-order chi connectivity index (χ1) is 13.1. The highest BCUT2D eigenvalue weighted by Gasteiger charge is 2.23. The van der Waals surface area contributed by atoms with Crippen LogP contribution >= 0.6 is 22.9 Å². The van der Waals surface area contributed by atoms with Crippen LogP contribution in [0.25, 0.3) is 6.08 Å². The van der Waals surface area contributed by atoms with Crippen molar-refractivity contribution in [2.45, 2.75) is 25.7 Å².